The maximum absolute atomic E-state index is 5.36. The first-order valence-electron chi connectivity index (χ1n) is 6.78. The van der Waals surface area contributed by atoms with Crippen molar-refractivity contribution in [1.29, 1.82) is 0 Å². The molecule has 0 bridgehead atoms. The van der Waals surface area contributed by atoms with E-state index in [0.717, 1.165) is 31.8 Å². The summed E-state index contributed by atoms with van der Waals surface area (Å²) in [5.74, 6) is 0.999. The molecule has 1 N–H and O–H groups in total. The molecule has 1 aromatic rings. The highest BCUT2D eigenvalue weighted by Gasteiger charge is 2.11. The van der Waals surface area contributed by atoms with Crippen LogP contribution >= 0.6 is 0 Å². The van der Waals surface area contributed by atoms with E-state index in [9.17, 15) is 0 Å². The number of methoxy groups -OCH3 is 1. The van der Waals surface area contributed by atoms with Gasteiger partial charge >= 0.3 is 0 Å². The zero-order chi connectivity index (χ0) is 13.0. The number of nitrogens with one attached hydrogen (secondary N) is 1. The minimum absolute atomic E-state index is 0.999. The highest BCUT2D eigenvalue weighted by molar-refractivity contribution is 5.43. The lowest BCUT2D eigenvalue weighted by Crippen LogP contribution is -2.44. The number of rotatable bonds is 4. The summed E-state index contributed by atoms with van der Waals surface area (Å²) < 4.78 is 5.36. The Labute approximate surface area is 110 Å². The third kappa shape index (κ3) is 3.03. The summed E-state index contributed by atoms with van der Waals surface area (Å²) in [6, 6.07) is 4.30. The molecule has 0 saturated carbocycles. The Morgan fingerprint density at radius 1 is 1.17 bits per heavy atom. The van der Waals surface area contributed by atoms with Crippen LogP contribution in [-0.2, 0) is 6.42 Å². The molecule has 0 aliphatic carbocycles. The zero-order valence-electron chi connectivity index (χ0n) is 11.8. The van der Waals surface area contributed by atoms with E-state index in [-0.39, 0.29) is 0 Å². The van der Waals surface area contributed by atoms with Gasteiger partial charge in [0.15, 0.2) is 0 Å². The fourth-order valence-corrected chi connectivity index (χ4v) is 2.56. The van der Waals surface area contributed by atoms with Crippen molar-refractivity contribution < 1.29 is 4.74 Å². The molecule has 1 saturated heterocycles. The van der Waals surface area contributed by atoms with Gasteiger partial charge in [0, 0.05) is 32.7 Å². The van der Waals surface area contributed by atoms with Crippen LogP contribution in [0.1, 0.15) is 16.7 Å². The van der Waals surface area contributed by atoms with Crippen molar-refractivity contribution in [1.82, 2.24) is 10.2 Å². The fraction of sp³-hybridized carbons (Fsp3) is 0.600. The van der Waals surface area contributed by atoms with Crippen LogP contribution in [0.2, 0.25) is 0 Å². The van der Waals surface area contributed by atoms with Crippen molar-refractivity contribution in [3.05, 3.63) is 28.8 Å². The molecule has 0 unspecified atom stereocenters. The van der Waals surface area contributed by atoms with Crippen LogP contribution in [0.3, 0.4) is 0 Å². The largest absolute Gasteiger partial charge is 0.496 e. The van der Waals surface area contributed by atoms with Gasteiger partial charge in [-0.3, -0.25) is 0 Å². The summed E-state index contributed by atoms with van der Waals surface area (Å²) in [7, 11) is 1.74. The van der Waals surface area contributed by atoms with Crippen LogP contribution in [0.5, 0.6) is 5.75 Å². The third-order valence-electron chi connectivity index (χ3n) is 3.98. The van der Waals surface area contributed by atoms with Crippen molar-refractivity contribution in [2.24, 2.45) is 0 Å². The molecule has 100 valence electrons. The molecule has 0 atom stereocenters. The first kappa shape index (κ1) is 13.4. The van der Waals surface area contributed by atoms with Crippen molar-refractivity contribution in [2.45, 2.75) is 20.3 Å². The van der Waals surface area contributed by atoms with Gasteiger partial charge in [-0.15, -0.1) is 0 Å². The molecule has 0 aromatic heterocycles. The van der Waals surface area contributed by atoms with Gasteiger partial charge in [0.25, 0.3) is 0 Å². The topological polar surface area (TPSA) is 24.5 Å². The second kappa shape index (κ2) is 6.21. The first-order chi connectivity index (χ1) is 8.72. The van der Waals surface area contributed by atoms with E-state index in [1.165, 1.54) is 29.8 Å². The summed E-state index contributed by atoms with van der Waals surface area (Å²) >= 11 is 0. The summed E-state index contributed by atoms with van der Waals surface area (Å²) in [4.78, 5) is 2.54. The Morgan fingerprint density at radius 3 is 2.56 bits per heavy atom. The Bertz CT molecular complexity index is 398. The van der Waals surface area contributed by atoms with Crippen molar-refractivity contribution >= 4 is 0 Å². The predicted octanol–water partition coefficient (Wildman–Crippen LogP) is 1.76. The van der Waals surface area contributed by atoms with Crippen LogP contribution < -0.4 is 10.1 Å². The average molecular weight is 248 g/mol. The summed E-state index contributed by atoms with van der Waals surface area (Å²) in [5, 5.41) is 3.39. The van der Waals surface area contributed by atoms with E-state index in [4.69, 9.17) is 4.74 Å². The van der Waals surface area contributed by atoms with Crippen molar-refractivity contribution in [3.8, 4) is 5.75 Å². The second-order valence-corrected chi connectivity index (χ2v) is 5.02. The highest BCUT2D eigenvalue weighted by Crippen LogP contribution is 2.24. The molecule has 2 rings (SSSR count). The quantitative estimate of drug-likeness (QED) is 0.879. The molecular formula is C15H24N2O. The monoisotopic (exact) mass is 248 g/mol. The van der Waals surface area contributed by atoms with Gasteiger partial charge in [-0.25, -0.2) is 0 Å². The van der Waals surface area contributed by atoms with E-state index in [0.29, 0.717) is 0 Å². The summed E-state index contributed by atoms with van der Waals surface area (Å²) in [6.07, 6.45) is 1.14. The highest BCUT2D eigenvalue weighted by atomic mass is 16.5. The molecule has 1 aliphatic rings. The summed E-state index contributed by atoms with van der Waals surface area (Å²) in [6.45, 7) is 10.1. The lowest BCUT2D eigenvalue weighted by Gasteiger charge is -2.27. The van der Waals surface area contributed by atoms with Crippen LogP contribution in [0.4, 0.5) is 0 Å². The molecule has 1 aromatic carbocycles. The van der Waals surface area contributed by atoms with Crippen molar-refractivity contribution in [2.75, 3.05) is 39.8 Å². The zero-order valence-corrected chi connectivity index (χ0v) is 11.8. The third-order valence-corrected chi connectivity index (χ3v) is 3.98. The van der Waals surface area contributed by atoms with Gasteiger partial charge in [-0.1, -0.05) is 6.07 Å². The predicted molar refractivity (Wildman–Crippen MR) is 75.5 cm³/mol. The smallest absolute Gasteiger partial charge is 0.122 e. The fourth-order valence-electron chi connectivity index (χ4n) is 2.56. The van der Waals surface area contributed by atoms with E-state index >= 15 is 0 Å². The molecule has 0 spiro atoms. The Kier molecular flexibility index (Phi) is 4.61. The van der Waals surface area contributed by atoms with E-state index < -0.39 is 0 Å². The number of benzene rings is 1. The van der Waals surface area contributed by atoms with Gasteiger partial charge in [-0.05, 0) is 43.0 Å². The first-order valence-corrected chi connectivity index (χ1v) is 6.78. The van der Waals surface area contributed by atoms with Crippen LogP contribution in [0.15, 0.2) is 12.1 Å². The molecule has 0 radical (unpaired) electrons. The standard InChI is InChI=1S/C15H24N2O/c1-12-13(2)15(18-3)5-4-14(12)6-9-17-10-7-16-8-11-17/h4-5,16H,6-11H2,1-3H3. The molecule has 18 heavy (non-hydrogen) atoms. The Morgan fingerprint density at radius 2 is 1.89 bits per heavy atom. The Balaban J connectivity index is 1.98. The summed E-state index contributed by atoms with van der Waals surface area (Å²) in [5.41, 5.74) is 4.10. The lowest BCUT2D eigenvalue weighted by molar-refractivity contribution is 0.244. The number of piperazine rings is 1. The maximum atomic E-state index is 5.36. The van der Waals surface area contributed by atoms with Crippen LogP contribution in [-0.4, -0.2) is 44.7 Å². The molecule has 1 heterocycles. The van der Waals surface area contributed by atoms with E-state index in [1.54, 1.807) is 7.11 Å². The van der Waals surface area contributed by atoms with Gasteiger partial charge in [0.1, 0.15) is 5.75 Å². The normalized spacial score (nSPS) is 16.8. The second-order valence-electron chi connectivity index (χ2n) is 5.02. The van der Waals surface area contributed by atoms with Gasteiger partial charge in [0.05, 0.1) is 7.11 Å². The Hall–Kier alpha value is -1.06. The van der Waals surface area contributed by atoms with Gasteiger partial charge < -0.3 is 15.0 Å². The van der Waals surface area contributed by atoms with E-state index in [1.807, 2.05) is 0 Å². The SMILES string of the molecule is COc1ccc(CCN2CCNCC2)c(C)c1C. The molecule has 1 fully saturated rings. The molecule has 3 heteroatoms. The molecule has 1 aliphatic heterocycles. The van der Waals surface area contributed by atoms with E-state index in [2.05, 4.69) is 36.2 Å². The number of ether oxygens (including phenoxy) is 1. The number of nitrogens with zero attached hydrogens (tertiary/aromatic N) is 1. The van der Waals surface area contributed by atoms with Gasteiger partial charge in [0.2, 0.25) is 0 Å². The number of hydrogen-bond donors (Lipinski definition) is 1. The number of hydrogen-bond acceptors (Lipinski definition) is 3. The molecule has 0 amide bonds. The molecular weight excluding hydrogens is 224 g/mol. The van der Waals surface area contributed by atoms with Gasteiger partial charge in [-0.2, -0.15) is 0 Å². The average Bonchev–Trinajstić information content (AvgIpc) is 2.42. The van der Waals surface area contributed by atoms with Crippen molar-refractivity contribution in [3.63, 3.8) is 0 Å². The van der Waals surface area contributed by atoms with Crippen LogP contribution in [0.25, 0.3) is 0 Å². The lowest BCUT2D eigenvalue weighted by atomic mass is 10.00. The minimum Gasteiger partial charge on any atom is -0.496 e. The van der Waals surface area contributed by atoms with Crippen LogP contribution in [0, 0.1) is 13.8 Å². The minimum atomic E-state index is 0.999. The molecule has 3 nitrogen and oxygen atoms in total. The maximum Gasteiger partial charge on any atom is 0.122 e.